The average molecular weight is 458 g/mol. The van der Waals surface area contributed by atoms with Gasteiger partial charge in [-0.1, -0.05) is 47.7 Å². The van der Waals surface area contributed by atoms with Crippen LogP contribution in [0.4, 0.5) is 5.13 Å². The van der Waals surface area contributed by atoms with Crippen molar-refractivity contribution >= 4 is 42.4 Å². The van der Waals surface area contributed by atoms with Crippen molar-refractivity contribution in [3.8, 4) is 0 Å². The lowest BCUT2D eigenvalue weighted by Crippen LogP contribution is -2.49. The number of hydrogen-bond donors (Lipinski definition) is 0. The maximum absolute atomic E-state index is 12.6. The number of carbonyl (C=O) groups is 1. The number of rotatable bonds is 6. The van der Waals surface area contributed by atoms with E-state index in [1.54, 1.807) is 28.4 Å². The fourth-order valence-corrected chi connectivity index (χ4v) is 6.21. The highest BCUT2D eigenvalue weighted by atomic mass is 32.2. The molecule has 1 amide bonds. The number of aromatic nitrogens is 1. The maximum Gasteiger partial charge on any atom is 0.223 e. The molecule has 6 nitrogen and oxygen atoms in total. The first-order valence-electron chi connectivity index (χ1n) is 10.5. The standard InChI is InChI=1S/C23H27N3O3S2/c1-17-8-9-20-22(18(17)2)24-23(30-20)26-13-11-25(12-14-26)21(27)10-15-31(28,29)16-19-6-4-3-5-7-19/h3-9H,10-16H2,1-2H3. The van der Waals surface area contributed by atoms with E-state index in [1.807, 2.05) is 18.2 Å². The average Bonchev–Trinajstić information content (AvgIpc) is 3.20. The summed E-state index contributed by atoms with van der Waals surface area (Å²) >= 11 is 1.68. The van der Waals surface area contributed by atoms with Gasteiger partial charge < -0.3 is 9.80 Å². The van der Waals surface area contributed by atoms with Gasteiger partial charge in [0.2, 0.25) is 5.91 Å². The zero-order valence-electron chi connectivity index (χ0n) is 17.9. The molecule has 0 bridgehead atoms. The molecule has 1 aliphatic rings. The fraction of sp³-hybridized carbons (Fsp3) is 0.391. The quantitative estimate of drug-likeness (QED) is 0.566. The third kappa shape index (κ3) is 5.07. The van der Waals surface area contributed by atoms with E-state index in [2.05, 4.69) is 30.9 Å². The van der Waals surface area contributed by atoms with E-state index in [-0.39, 0.29) is 23.8 Å². The first kappa shape index (κ1) is 21.8. The molecule has 0 aliphatic carbocycles. The van der Waals surface area contributed by atoms with Crippen LogP contribution >= 0.6 is 11.3 Å². The number of sulfone groups is 1. The number of amides is 1. The van der Waals surface area contributed by atoms with Gasteiger partial charge in [-0.15, -0.1) is 0 Å². The summed E-state index contributed by atoms with van der Waals surface area (Å²) in [5.74, 6) is -0.227. The summed E-state index contributed by atoms with van der Waals surface area (Å²) in [6, 6.07) is 13.3. The molecule has 0 saturated carbocycles. The Labute approximate surface area is 187 Å². The number of anilines is 1. The highest BCUT2D eigenvalue weighted by Crippen LogP contribution is 2.32. The second-order valence-electron chi connectivity index (χ2n) is 8.05. The second kappa shape index (κ2) is 8.96. The summed E-state index contributed by atoms with van der Waals surface area (Å²) in [6.45, 7) is 6.79. The van der Waals surface area contributed by atoms with E-state index in [0.29, 0.717) is 26.2 Å². The largest absolute Gasteiger partial charge is 0.345 e. The van der Waals surface area contributed by atoms with E-state index in [1.165, 1.54) is 15.8 Å². The van der Waals surface area contributed by atoms with Crippen molar-refractivity contribution in [2.75, 3.05) is 36.8 Å². The highest BCUT2D eigenvalue weighted by Gasteiger charge is 2.24. The lowest BCUT2D eigenvalue weighted by atomic mass is 10.1. The van der Waals surface area contributed by atoms with Gasteiger partial charge in [0.05, 0.1) is 21.7 Å². The number of hydrogen-bond acceptors (Lipinski definition) is 6. The lowest BCUT2D eigenvalue weighted by Gasteiger charge is -2.34. The number of fused-ring (bicyclic) bond motifs is 1. The van der Waals surface area contributed by atoms with Crippen molar-refractivity contribution < 1.29 is 13.2 Å². The zero-order valence-corrected chi connectivity index (χ0v) is 19.5. The molecular formula is C23H27N3O3S2. The van der Waals surface area contributed by atoms with Gasteiger partial charge in [-0.05, 0) is 36.6 Å². The summed E-state index contributed by atoms with van der Waals surface area (Å²) in [4.78, 5) is 21.4. The smallest absolute Gasteiger partial charge is 0.223 e. The Morgan fingerprint density at radius 3 is 2.45 bits per heavy atom. The van der Waals surface area contributed by atoms with Crippen molar-refractivity contribution in [2.45, 2.75) is 26.0 Å². The molecule has 4 rings (SSSR count). The molecule has 3 aromatic rings. The minimum atomic E-state index is -3.31. The topological polar surface area (TPSA) is 70.6 Å². The van der Waals surface area contributed by atoms with E-state index in [4.69, 9.17) is 4.98 Å². The number of carbonyl (C=O) groups excluding carboxylic acids is 1. The van der Waals surface area contributed by atoms with E-state index in [0.717, 1.165) is 16.2 Å². The van der Waals surface area contributed by atoms with Crippen molar-refractivity contribution in [3.63, 3.8) is 0 Å². The second-order valence-corrected chi connectivity index (χ2v) is 11.2. The predicted molar refractivity (Wildman–Crippen MR) is 126 cm³/mol. The Morgan fingerprint density at radius 1 is 1.03 bits per heavy atom. The van der Waals surface area contributed by atoms with Crippen molar-refractivity contribution in [1.82, 2.24) is 9.88 Å². The van der Waals surface area contributed by atoms with Crippen LogP contribution in [-0.4, -0.2) is 56.1 Å². The molecule has 1 aromatic heterocycles. The van der Waals surface area contributed by atoms with Gasteiger partial charge in [0.15, 0.2) is 15.0 Å². The van der Waals surface area contributed by atoms with Gasteiger partial charge in [0.25, 0.3) is 0 Å². The van der Waals surface area contributed by atoms with Crippen LogP contribution in [0.1, 0.15) is 23.1 Å². The summed E-state index contributed by atoms with van der Waals surface area (Å²) < 4.78 is 25.9. The molecule has 0 radical (unpaired) electrons. The third-order valence-electron chi connectivity index (χ3n) is 5.83. The maximum atomic E-state index is 12.6. The lowest BCUT2D eigenvalue weighted by molar-refractivity contribution is -0.131. The zero-order chi connectivity index (χ0) is 22.0. The van der Waals surface area contributed by atoms with Crippen LogP contribution in [0, 0.1) is 13.8 Å². The Kier molecular flexibility index (Phi) is 6.29. The minimum absolute atomic E-state index is 0.0224. The van der Waals surface area contributed by atoms with Gasteiger partial charge in [0, 0.05) is 32.6 Å². The summed E-state index contributed by atoms with van der Waals surface area (Å²) in [7, 11) is -3.31. The van der Waals surface area contributed by atoms with Crippen LogP contribution in [-0.2, 0) is 20.4 Å². The van der Waals surface area contributed by atoms with Crippen LogP contribution in [0.15, 0.2) is 42.5 Å². The third-order valence-corrected chi connectivity index (χ3v) is 8.51. The molecular weight excluding hydrogens is 430 g/mol. The van der Waals surface area contributed by atoms with Crippen LogP contribution < -0.4 is 4.90 Å². The van der Waals surface area contributed by atoms with Gasteiger partial charge in [-0.25, -0.2) is 13.4 Å². The minimum Gasteiger partial charge on any atom is -0.345 e. The van der Waals surface area contributed by atoms with Crippen LogP contribution in [0.2, 0.25) is 0 Å². The number of nitrogens with zero attached hydrogens (tertiary/aromatic N) is 3. The van der Waals surface area contributed by atoms with Gasteiger partial charge >= 0.3 is 0 Å². The predicted octanol–water partition coefficient (Wildman–Crippen LogP) is 3.57. The SMILES string of the molecule is Cc1ccc2sc(N3CCN(C(=O)CCS(=O)(=O)Cc4ccccc4)CC3)nc2c1C. The molecule has 8 heteroatoms. The first-order chi connectivity index (χ1) is 14.8. The number of piperazine rings is 1. The molecule has 164 valence electrons. The molecule has 1 saturated heterocycles. The molecule has 0 spiro atoms. The molecule has 0 unspecified atom stereocenters. The summed E-state index contributed by atoms with van der Waals surface area (Å²) in [6.07, 6.45) is 0.0365. The van der Waals surface area contributed by atoms with E-state index < -0.39 is 9.84 Å². The van der Waals surface area contributed by atoms with Gasteiger partial charge in [-0.2, -0.15) is 0 Å². The van der Waals surface area contributed by atoms with Gasteiger partial charge in [0.1, 0.15) is 0 Å². The Balaban J connectivity index is 1.31. The van der Waals surface area contributed by atoms with Crippen LogP contribution in [0.25, 0.3) is 10.2 Å². The van der Waals surface area contributed by atoms with E-state index >= 15 is 0 Å². The molecule has 31 heavy (non-hydrogen) atoms. The molecule has 1 fully saturated rings. The first-order valence-corrected chi connectivity index (χ1v) is 13.1. The fourth-order valence-electron chi connectivity index (χ4n) is 3.80. The van der Waals surface area contributed by atoms with E-state index in [9.17, 15) is 13.2 Å². The monoisotopic (exact) mass is 457 g/mol. The molecule has 1 aliphatic heterocycles. The van der Waals surface area contributed by atoms with Crippen molar-refractivity contribution in [3.05, 3.63) is 59.2 Å². The summed E-state index contributed by atoms with van der Waals surface area (Å²) in [5.41, 5.74) is 4.26. The normalized spacial score (nSPS) is 14.9. The van der Waals surface area contributed by atoms with Crippen LogP contribution in [0.5, 0.6) is 0 Å². The molecule has 0 atom stereocenters. The molecule has 0 N–H and O–H groups in total. The highest BCUT2D eigenvalue weighted by molar-refractivity contribution is 7.90. The number of benzene rings is 2. The Morgan fingerprint density at radius 2 is 1.74 bits per heavy atom. The Hall–Kier alpha value is -2.45. The van der Waals surface area contributed by atoms with Crippen LogP contribution in [0.3, 0.4) is 0 Å². The summed E-state index contributed by atoms with van der Waals surface area (Å²) in [5, 5.41) is 0.987. The number of aryl methyl sites for hydroxylation is 2. The number of thiazole rings is 1. The molecule has 2 aromatic carbocycles. The van der Waals surface area contributed by atoms with Gasteiger partial charge in [-0.3, -0.25) is 4.79 Å². The molecule has 2 heterocycles. The van der Waals surface area contributed by atoms with Crippen molar-refractivity contribution in [1.29, 1.82) is 0 Å². The van der Waals surface area contributed by atoms with Crippen molar-refractivity contribution in [2.24, 2.45) is 0 Å². The Bertz CT molecular complexity index is 1180.